The number of carbonyl (C=O) groups excluding carboxylic acids is 1. The topological polar surface area (TPSA) is 68.0 Å². The standard InChI is InChI=1S/C22H16BrN3O2/c23-19-8-4-7-18(13-19)21-25-20(28-26-21)14-24-22(27)17-11-9-16(10-12-17)15-5-2-1-3-6-15/h1-13H,14H2,(H,24,27). The van der Waals surface area contributed by atoms with Crippen molar-refractivity contribution in [3.8, 4) is 22.5 Å². The van der Waals surface area contributed by atoms with Gasteiger partial charge in [0.25, 0.3) is 5.91 Å². The van der Waals surface area contributed by atoms with Crippen molar-refractivity contribution < 1.29 is 9.32 Å². The zero-order valence-electron chi connectivity index (χ0n) is 14.8. The third-order valence-corrected chi connectivity index (χ3v) is 4.70. The molecule has 0 saturated heterocycles. The first kappa shape index (κ1) is 18.1. The Balaban J connectivity index is 1.39. The normalized spacial score (nSPS) is 10.6. The van der Waals surface area contributed by atoms with Gasteiger partial charge in [-0.3, -0.25) is 4.79 Å². The molecule has 1 aromatic heterocycles. The fraction of sp³-hybridized carbons (Fsp3) is 0.0455. The molecule has 4 aromatic rings. The van der Waals surface area contributed by atoms with E-state index in [0.717, 1.165) is 21.2 Å². The van der Waals surface area contributed by atoms with Gasteiger partial charge in [-0.25, -0.2) is 0 Å². The molecular weight excluding hydrogens is 418 g/mol. The van der Waals surface area contributed by atoms with Crippen LogP contribution in [-0.2, 0) is 6.54 Å². The third-order valence-electron chi connectivity index (χ3n) is 4.21. The van der Waals surface area contributed by atoms with Gasteiger partial charge in [-0.15, -0.1) is 0 Å². The van der Waals surface area contributed by atoms with Crippen molar-refractivity contribution in [3.05, 3.63) is 94.8 Å². The molecule has 3 aromatic carbocycles. The smallest absolute Gasteiger partial charge is 0.251 e. The maximum absolute atomic E-state index is 12.4. The Labute approximate surface area is 170 Å². The number of nitrogens with zero attached hydrogens (tertiary/aromatic N) is 2. The molecule has 28 heavy (non-hydrogen) atoms. The van der Waals surface area contributed by atoms with Crippen LogP contribution in [0, 0.1) is 0 Å². The van der Waals surface area contributed by atoms with Crippen molar-refractivity contribution in [2.75, 3.05) is 0 Å². The third kappa shape index (κ3) is 4.18. The number of carbonyl (C=O) groups is 1. The molecule has 0 fully saturated rings. The summed E-state index contributed by atoms with van der Waals surface area (Å²) >= 11 is 3.42. The summed E-state index contributed by atoms with van der Waals surface area (Å²) in [6, 6.07) is 25.1. The van der Waals surface area contributed by atoms with Gasteiger partial charge in [-0.1, -0.05) is 75.7 Å². The number of benzene rings is 3. The van der Waals surface area contributed by atoms with Crippen LogP contribution in [0.5, 0.6) is 0 Å². The fourth-order valence-electron chi connectivity index (χ4n) is 2.77. The minimum absolute atomic E-state index is 0.167. The molecule has 0 saturated carbocycles. The molecule has 1 N–H and O–H groups in total. The van der Waals surface area contributed by atoms with Crippen molar-refractivity contribution in [2.24, 2.45) is 0 Å². The van der Waals surface area contributed by atoms with Crippen LogP contribution in [0.2, 0.25) is 0 Å². The van der Waals surface area contributed by atoms with E-state index < -0.39 is 0 Å². The molecule has 138 valence electrons. The van der Waals surface area contributed by atoms with Gasteiger partial charge in [-0.2, -0.15) is 4.98 Å². The molecule has 0 unspecified atom stereocenters. The van der Waals surface area contributed by atoms with E-state index in [4.69, 9.17) is 4.52 Å². The van der Waals surface area contributed by atoms with E-state index in [1.807, 2.05) is 66.7 Å². The van der Waals surface area contributed by atoms with E-state index in [9.17, 15) is 4.79 Å². The van der Waals surface area contributed by atoms with Gasteiger partial charge in [0.05, 0.1) is 6.54 Å². The molecule has 0 aliphatic rings. The van der Waals surface area contributed by atoms with Crippen LogP contribution >= 0.6 is 15.9 Å². The minimum Gasteiger partial charge on any atom is -0.343 e. The molecule has 0 aliphatic carbocycles. The summed E-state index contributed by atoms with van der Waals surface area (Å²) in [7, 11) is 0. The number of amides is 1. The van der Waals surface area contributed by atoms with Crippen LogP contribution in [-0.4, -0.2) is 16.0 Å². The van der Waals surface area contributed by atoms with Crippen molar-refractivity contribution in [1.29, 1.82) is 0 Å². The van der Waals surface area contributed by atoms with E-state index in [1.54, 1.807) is 12.1 Å². The molecule has 1 heterocycles. The van der Waals surface area contributed by atoms with E-state index in [1.165, 1.54) is 0 Å². The van der Waals surface area contributed by atoms with Crippen molar-refractivity contribution >= 4 is 21.8 Å². The highest BCUT2D eigenvalue weighted by molar-refractivity contribution is 9.10. The average molecular weight is 434 g/mol. The largest absolute Gasteiger partial charge is 0.343 e. The zero-order chi connectivity index (χ0) is 19.3. The molecule has 0 aliphatic heterocycles. The molecule has 0 radical (unpaired) electrons. The summed E-state index contributed by atoms with van der Waals surface area (Å²) in [6.07, 6.45) is 0. The van der Waals surface area contributed by atoms with Gasteiger partial charge < -0.3 is 9.84 Å². The van der Waals surface area contributed by atoms with E-state index in [2.05, 4.69) is 31.4 Å². The van der Waals surface area contributed by atoms with E-state index in [0.29, 0.717) is 17.3 Å². The molecule has 6 heteroatoms. The number of rotatable bonds is 5. The molecular formula is C22H16BrN3O2. The summed E-state index contributed by atoms with van der Waals surface area (Å²) in [6.45, 7) is 0.167. The maximum Gasteiger partial charge on any atom is 0.251 e. The summed E-state index contributed by atoms with van der Waals surface area (Å²) in [5.74, 6) is 0.642. The second-order valence-electron chi connectivity index (χ2n) is 6.15. The summed E-state index contributed by atoms with van der Waals surface area (Å²) in [5.41, 5.74) is 3.59. The molecule has 4 rings (SSSR count). The second-order valence-corrected chi connectivity index (χ2v) is 7.06. The highest BCUT2D eigenvalue weighted by atomic mass is 79.9. The highest BCUT2D eigenvalue weighted by Gasteiger charge is 2.11. The Hall–Kier alpha value is -3.25. The molecule has 5 nitrogen and oxygen atoms in total. The quantitative estimate of drug-likeness (QED) is 0.475. The van der Waals surface area contributed by atoms with Crippen LogP contribution in [0.4, 0.5) is 0 Å². The Morgan fingerprint density at radius 3 is 2.36 bits per heavy atom. The number of nitrogens with one attached hydrogen (secondary N) is 1. The van der Waals surface area contributed by atoms with Crippen molar-refractivity contribution in [3.63, 3.8) is 0 Å². The van der Waals surface area contributed by atoms with Crippen molar-refractivity contribution in [2.45, 2.75) is 6.54 Å². The van der Waals surface area contributed by atoms with Gasteiger partial charge >= 0.3 is 0 Å². The first-order chi connectivity index (χ1) is 13.7. The van der Waals surface area contributed by atoms with E-state index in [-0.39, 0.29) is 12.5 Å². The number of hydrogen-bond donors (Lipinski definition) is 1. The van der Waals surface area contributed by atoms with Gasteiger partial charge in [-0.05, 0) is 35.4 Å². The fourth-order valence-corrected chi connectivity index (χ4v) is 3.17. The van der Waals surface area contributed by atoms with Crippen LogP contribution in [0.25, 0.3) is 22.5 Å². The highest BCUT2D eigenvalue weighted by Crippen LogP contribution is 2.21. The number of halogens is 1. The van der Waals surface area contributed by atoms with Gasteiger partial charge in [0.2, 0.25) is 11.7 Å². The summed E-state index contributed by atoms with van der Waals surface area (Å²) in [4.78, 5) is 16.7. The van der Waals surface area contributed by atoms with Gasteiger partial charge in [0.1, 0.15) is 0 Å². The van der Waals surface area contributed by atoms with E-state index >= 15 is 0 Å². The Bertz CT molecular complexity index is 1090. The lowest BCUT2D eigenvalue weighted by Crippen LogP contribution is -2.22. The Kier molecular flexibility index (Phi) is 5.30. The average Bonchev–Trinajstić information content (AvgIpc) is 3.22. The molecule has 1 amide bonds. The first-order valence-electron chi connectivity index (χ1n) is 8.71. The Morgan fingerprint density at radius 2 is 1.61 bits per heavy atom. The van der Waals surface area contributed by atoms with Crippen LogP contribution in [0.1, 0.15) is 16.2 Å². The zero-order valence-corrected chi connectivity index (χ0v) is 16.4. The van der Waals surface area contributed by atoms with Crippen LogP contribution in [0.3, 0.4) is 0 Å². The lowest BCUT2D eigenvalue weighted by molar-refractivity contribution is 0.0946. The SMILES string of the molecule is O=C(NCc1nc(-c2cccc(Br)c2)no1)c1ccc(-c2ccccc2)cc1. The first-order valence-corrected chi connectivity index (χ1v) is 9.50. The molecule has 0 bridgehead atoms. The minimum atomic E-state index is -0.193. The predicted molar refractivity (Wildman–Crippen MR) is 110 cm³/mol. The summed E-state index contributed by atoms with van der Waals surface area (Å²) in [5, 5.41) is 6.77. The number of hydrogen-bond acceptors (Lipinski definition) is 4. The lowest BCUT2D eigenvalue weighted by atomic mass is 10.0. The molecule has 0 spiro atoms. The second kappa shape index (κ2) is 8.19. The molecule has 0 atom stereocenters. The van der Waals surface area contributed by atoms with Crippen LogP contribution in [0.15, 0.2) is 87.9 Å². The Morgan fingerprint density at radius 1 is 0.893 bits per heavy atom. The maximum atomic E-state index is 12.4. The summed E-state index contributed by atoms with van der Waals surface area (Å²) < 4.78 is 6.16. The van der Waals surface area contributed by atoms with Gasteiger partial charge in [0, 0.05) is 15.6 Å². The van der Waals surface area contributed by atoms with Crippen molar-refractivity contribution in [1.82, 2.24) is 15.5 Å². The van der Waals surface area contributed by atoms with Gasteiger partial charge in [0.15, 0.2) is 0 Å². The monoisotopic (exact) mass is 433 g/mol. The number of aromatic nitrogens is 2. The lowest BCUT2D eigenvalue weighted by Gasteiger charge is -2.05. The predicted octanol–water partition coefficient (Wildman–Crippen LogP) is 5.10. The van der Waals surface area contributed by atoms with Crippen LogP contribution < -0.4 is 5.32 Å².